The van der Waals surface area contributed by atoms with E-state index in [2.05, 4.69) is 4.85 Å². The molecule has 0 radical (unpaired) electrons. The fourth-order valence-corrected chi connectivity index (χ4v) is 1.11. The first-order chi connectivity index (χ1) is 5.74. The van der Waals surface area contributed by atoms with Gasteiger partial charge in [-0.25, -0.2) is 4.85 Å². The molecule has 0 bridgehead atoms. The minimum atomic E-state index is -0.382. The third kappa shape index (κ3) is 2.08. The third-order valence-electron chi connectivity index (χ3n) is 1.63. The van der Waals surface area contributed by atoms with Crippen molar-refractivity contribution >= 4 is 5.69 Å². The van der Waals surface area contributed by atoms with Crippen LogP contribution in [-0.4, -0.2) is 11.2 Å². The number of aliphatic hydroxyl groups excluding tert-OH is 1. The summed E-state index contributed by atoms with van der Waals surface area (Å²) in [6.45, 7) is 8.60. The first kappa shape index (κ1) is 8.76. The Labute approximate surface area is 72.3 Å². The molecule has 1 N–H and O–H groups in total. The van der Waals surface area contributed by atoms with E-state index in [-0.39, 0.29) is 6.10 Å². The molecule has 0 aliphatic heterocycles. The minimum Gasteiger partial charge on any atom is -0.393 e. The van der Waals surface area contributed by atoms with Crippen LogP contribution in [0.3, 0.4) is 0 Å². The van der Waals surface area contributed by atoms with Crippen molar-refractivity contribution < 1.29 is 5.11 Å². The first-order valence-corrected chi connectivity index (χ1v) is 3.87. The van der Waals surface area contributed by atoms with Gasteiger partial charge in [0, 0.05) is 0 Å². The molecule has 12 heavy (non-hydrogen) atoms. The Balaban J connectivity index is 2.91. The van der Waals surface area contributed by atoms with Crippen LogP contribution in [0.4, 0.5) is 5.69 Å². The fraction of sp³-hybridized carbons (Fsp3) is 0.300. The molecule has 0 aliphatic carbocycles. The van der Waals surface area contributed by atoms with E-state index in [4.69, 9.17) is 11.7 Å². The Bertz CT molecular complexity index is 299. The highest BCUT2D eigenvalue weighted by Crippen LogP contribution is 2.19. The molecule has 0 fully saturated rings. The average molecular weight is 161 g/mol. The van der Waals surface area contributed by atoms with Crippen LogP contribution >= 0.6 is 0 Å². The van der Waals surface area contributed by atoms with E-state index in [1.807, 2.05) is 18.2 Å². The van der Waals surface area contributed by atoms with Crippen LogP contribution in [0.15, 0.2) is 24.3 Å². The molecule has 2 heteroatoms. The Morgan fingerprint density at radius 1 is 1.50 bits per heavy atom. The zero-order valence-electron chi connectivity index (χ0n) is 6.99. The Hall–Kier alpha value is -1.33. The largest absolute Gasteiger partial charge is 0.393 e. The number of rotatable bonds is 2. The quantitative estimate of drug-likeness (QED) is 0.660. The third-order valence-corrected chi connectivity index (χ3v) is 1.63. The number of hydrogen-bond acceptors (Lipinski definition) is 1. The second kappa shape index (κ2) is 3.89. The van der Waals surface area contributed by atoms with E-state index < -0.39 is 0 Å². The van der Waals surface area contributed by atoms with Crippen molar-refractivity contribution in [2.45, 2.75) is 19.4 Å². The van der Waals surface area contributed by atoms with E-state index >= 15 is 0 Å². The van der Waals surface area contributed by atoms with Crippen LogP contribution in [-0.2, 0) is 6.42 Å². The van der Waals surface area contributed by atoms with Crippen molar-refractivity contribution in [3.05, 3.63) is 41.2 Å². The molecule has 0 aromatic heterocycles. The molecule has 0 amide bonds. The standard InChI is InChI=1S/C10H11NO/c1-8(12)7-9-5-3-4-6-10(9)11-2/h3-6,8,12H,7H2,1H3. The summed E-state index contributed by atoms with van der Waals surface area (Å²) in [5.74, 6) is 0. The van der Waals surface area contributed by atoms with Gasteiger partial charge < -0.3 is 5.11 Å². The van der Waals surface area contributed by atoms with E-state index in [0.29, 0.717) is 12.1 Å². The lowest BCUT2D eigenvalue weighted by Gasteiger charge is -2.05. The normalized spacial score (nSPS) is 12.1. The SMILES string of the molecule is [C-]#[N+]c1ccccc1CC(C)O. The number of benzene rings is 1. The van der Waals surface area contributed by atoms with Gasteiger partial charge in [-0.15, -0.1) is 0 Å². The van der Waals surface area contributed by atoms with Gasteiger partial charge in [0.2, 0.25) is 0 Å². The van der Waals surface area contributed by atoms with Crippen LogP contribution in [0.5, 0.6) is 0 Å². The zero-order valence-corrected chi connectivity index (χ0v) is 6.99. The highest BCUT2D eigenvalue weighted by atomic mass is 16.3. The lowest BCUT2D eigenvalue weighted by atomic mass is 10.1. The monoisotopic (exact) mass is 161 g/mol. The molecular weight excluding hydrogens is 150 g/mol. The van der Waals surface area contributed by atoms with E-state index in [9.17, 15) is 0 Å². The van der Waals surface area contributed by atoms with Crippen LogP contribution in [0.1, 0.15) is 12.5 Å². The van der Waals surface area contributed by atoms with Crippen molar-refractivity contribution in [1.82, 2.24) is 0 Å². The van der Waals surface area contributed by atoms with Gasteiger partial charge in [0.15, 0.2) is 5.69 Å². The summed E-state index contributed by atoms with van der Waals surface area (Å²) in [4.78, 5) is 3.36. The Morgan fingerprint density at radius 3 is 2.75 bits per heavy atom. The minimum absolute atomic E-state index is 0.382. The van der Waals surface area contributed by atoms with Crippen LogP contribution in [0, 0.1) is 6.57 Å². The van der Waals surface area contributed by atoms with Gasteiger partial charge in [0.05, 0.1) is 12.7 Å². The van der Waals surface area contributed by atoms with Crippen molar-refractivity contribution in [2.75, 3.05) is 0 Å². The molecule has 1 unspecified atom stereocenters. The summed E-state index contributed by atoms with van der Waals surface area (Å²) < 4.78 is 0. The Kier molecular flexibility index (Phi) is 2.84. The van der Waals surface area contributed by atoms with Gasteiger partial charge >= 0.3 is 0 Å². The van der Waals surface area contributed by atoms with Crippen molar-refractivity contribution in [2.24, 2.45) is 0 Å². The number of para-hydroxylation sites is 1. The lowest BCUT2D eigenvalue weighted by molar-refractivity contribution is 0.195. The van der Waals surface area contributed by atoms with Gasteiger partial charge in [-0.1, -0.05) is 24.3 Å². The van der Waals surface area contributed by atoms with Gasteiger partial charge in [-0.3, -0.25) is 0 Å². The maximum Gasteiger partial charge on any atom is 0.190 e. The topological polar surface area (TPSA) is 24.6 Å². The van der Waals surface area contributed by atoms with Crippen molar-refractivity contribution in [3.63, 3.8) is 0 Å². The molecule has 1 aromatic rings. The maximum atomic E-state index is 9.12. The zero-order chi connectivity index (χ0) is 8.97. The maximum absolute atomic E-state index is 9.12. The first-order valence-electron chi connectivity index (χ1n) is 3.87. The summed E-state index contributed by atoms with van der Waals surface area (Å²) in [5.41, 5.74) is 1.56. The smallest absolute Gasteiger partial charge is 0.190 e. The van der Waals surface area contributed by atoms with Crippen LogP contribution < -0.4 is 0 Å². The molecule has 0 saturated heterocycles. The fourth-order valence-electron chi connectivity index (χ4n) is 1.11. The molecule has 1 atom stereocenters. The predicted octanol–water partition coefficient (Wildman–Crippen LogP) is 2.16. The van der Waals surface area contributed by atoms with Crippen LogP contribution in [0.2, 0.25) is 0 Å². The number of nitrogens with zero attached hydrogens (tertiary/aromatic N) is 1. The van der Waals surface area contributed by atoms with Gasteiger partial charge in [0.25, 0.3) is 0 Å². The lowest BCUT2D eigenvalue weighted by Crippen LogP contribution is -2.03. The van der Waals surface area contributed by atoms with E-state index in [0.717, 1.165) is 5.56 Å². The van der Waals surface area contributed by atoms with E-state index in [1.54, 1.807) is 13.0 Å². The molecule has 0 heterocycles. The average Bonchev–Trinajstić information content (AvgIpc) is 2.04. The summed E-state index contributed by atoms with van der Waals surface area (Å²) in [6, 6.07) is 7.36. The number of aliphatic hydroxyl groups is 1. The second-order valence-electron chi connectivity index (χ2n) is 2.79. The summed E-state index contributed by atoms with van der Waals surface area (Å²) in [5, 5.41) is 9.12. The molecule has 1 aromatic carbocycles. The highest BCUT2D eigenvalue weighted by Gasteiger charge is 2.03. The second-order valence-corrected chi connectivity index (χ2v) is 2.79. The summed E-state index contributed by atoms with van der Waals surface area (Å²) >= 11 is 0. The Morgan fingerprint density at radius 2 is 2.17 bits per heavy atom. The molecule has 1 rings (SSSR count). The van der Waals surface area contributed by atoms with Gasteiger partial charge in [-0.05, 0) is 18.9 Å². The van der Waals surface area contributed by atoms with E-state index in [1.165, 1.54) is 0 Å². The summed E-state index contributed by atoms with van der Waals surface area (Å²) in [6.07, 6.45) is 0.173. The highest BCUT2D eigenvalue weighted by molar-refractivity contribution is 5.52. The molecular formula is C10H11NO. The molecule has 0 aliphatic rings. The molecule has 0 saturated carbocycles. The van der Waals surface area contributed by atoms with Gasteiger partial charge in [0.1, 0.15) is 0 Å². The summed E-state index contributed by atoms with van der Waals surface area (Å²) in [7, 11) is 0. The van der Waals surface area contributed by atoms with Crippen molar-refractivity contribution in [3.8, 4) is 0 Å². The molecule has 2 nitrogen and oxygen atoms in total. The van der Waals surface area contributed by atoms with Crippen LogP contribution in [0.25, 0.3) is 4.85 Å². The number of hydrogen-bond donors (Lipinski definition) is 1. The molecule has 0 spiro atoms. The van der Waals surface area contributed by atoms with Gasteiger partial charge in [-0.2, -0.15) is 0 Å². The van der Waals surface area contributed by atoms with Crippen molar-refractivity contribution in [1.29, 1.82) is 0 Å². The predicted molar refractivity (Wildman–Crippen MR) is 48.1 cm³/mol. The molecule has 62 valence electrons.